The largest absolute Gasteiger partial charge is 0.508 e. The molecule has 0 spiro atoms. The van der Waals surface area contributed by atoms with Crippen molar-refractivity contribution in [3.63, 3.8) is 0 Å². The van der Waals surface area contributed by atoms with Gasteiger partial charge in [-0.1, -0.05) is 24.3 Å². The second-order valence-electron chi connectivity index (χ2n) is 6.50. The molecule has 8 heteroatoms. The average molecular weight is 390 g/mol. The monoisotopic (exact) mass is 390 g/mol. The normalized spacial score (nSPS) is 27.8. The number of ether oxygens (including phenoxy) is 2. The van der Waals surface area contributed by atoms with Crippen LogP contribution in [0.4, 0.5) is 0 Å². The van der Waals surface area contributed by atoms with Crippen molar-refractivity contribution in [1.29, 1.82) is 0 Å². The van der Waals surface area contributed by atoms with E-state index in [-0.39, 0.29) is 17.2 Å². The quantitative estimate of drug-likeness (QED) is 0.405. The SMILES string of the molecule is OCC1OC(Oc2cc(O)cc(/C=C/c3ccc(O)cc3)c2)C(O)C(O)C1O. The molecule has 1 aliphatic rings. The Labute approximate surface area is 161 Å². The smallest absolute Gasteiger partial charge is 0.229 e. The zero-order chi connectivity index (χ0) is 20.3. The minimum atomic E-state index is -1.55. The summed E-state index contributed by atoms with van der Waals surface area (Å²) in [6, 6.07) is 10.9. The van der Waals surface area contributed by atoms with Gasteiger partial charge in [-0.05, 0) is 35.4 Å². The van der Waals surface area contributed by atoms with Crippen LogP contribution < -0.4 is 4.74 Å². The zero-order valence-corrected chi connectivity index (χ0v) is 14.8. The molecular formula is C20H22O8. The highest BCUT2D eigenvalue weighted by Crippen LogP contribution is 2.28. The van der Waals surface area contributed by atoms with E-state index in [2.05, 4.69) is 0 Å². The van der Waals surface area contributed by atoms with Crippen molar-refractivity contribution in [2.75, 3.05) is 6.61 Å². The molecule has 1 aliphatic heterocycles. The van der Waals surface area contributed by atoms with Crippen LogP contribution in [0, 0.1) is 0 Å². The molecular weight excluding hydrogens is 368 g/mol. The summed E-state index contributed by atoms with van der Waals surface area (Å²) >= 11 is 0. The van der Waals surface area contributed by atoms with E-state index in [4.69, 9.17) is 9.47 Å². The first-order valence-electron chi connectivity index (χ1n) is 8.65. The Morgan fingerprint density at radius 1 is 0.821 bits per heavy atom. The van der Waals surface area contributed by atoms with Crippen molar-refractivity contribution in [3.8, 4) is 17.2 Å². The number of aliphatic hydroxyl groups is 4. The maximum absolute atomic E-state index is 10.1. The maximum atomic E-state index is 10.1. The molecule has 0 aliphatic carbocycles. The number of benzene rings is 2. The van der Waals surface area contributed by atoms with Crippen LogP contribution in [0.15, 0.2) is 42.5 Å². The molecule has 2 aromatic carbocycles. The topological polar surface area (TPSA) is 140 Å². The standard InChI is InChI=1S/C20H22O8/c21-10-16-17(24)18(25)19(26)20(28-16)27-15-8-12(7-14(23)9-15)2-1-11-3-5-13(22)6-4-11/h1-9,16-26H,10H2/b2-1+. The summed E-state index contributed by atoms with van der Waals surface area (Å²) in [5.41, 5.74) is 1.42. The van der Waals surface area contributed by atoms with Crippen molar-refractivity contribution < 1.29 is 40.1 Å². The number of hydrogen-bond donors (Lipinski definition) is 6. The average Bonchev–Trinajstić information content (AvgIpc) is 2.67. The summed E-state index contributed by atoms with van der Waals surface area (Å²) in [6.07, 6.45) is -3.52. The van der Waals surface area contributed by atoms with Gasteiger partial charge in [-0.2, -0.15) is 0 Å². The van der Waals surface area contributed by atoms with Gasteiger partial charge in [0.1, 0.15) is 41.7 Å². The molecule has 0 amide bonds. The lowest BCUT2D eigenvalue weighted by Crippen LogP contribution is -2.60. The van der Waals surface area contributed by atoms with Crippen LogP contribution in [-0.2, 0) is 4.74 Å². The molecule has 5 unspecified atom stereocenters. The second kappa shape index (κ2) is 8.59. The van der Waals surface area contributed by atoms with Gasteiger partial charge < -0.3 is 40.1 Å². The third-order valence-electron chi connectivity index (χ3n) is 4.38. The summed E-state index contributed by atoms with van der Waals surface area (Å²) in [5, 5.41) is 58.2. The summed E-state index contributed by atoms with van der Waals surface area (Å²) in [6.45, 7) is -0.564. The Balaban J connectivity index is 1.76. The Bertz CT molecular complexity index is 817. The van der Waals surface area contributed by atoms with E-state index in [1.807, 2.05) is 0 Å². The van der Waals surface area contributed by atoms with Gasteiger partial charge >= 0.3 is 0 Å². The number of aromatic hydroxyl groups is 2. The van der Waals surface area contributed by atoms with Gasteiger partial charge in [0.15, 0.2) is 0 Å². The summed E-state index contributed by atoms with van der Waals surface area (Å²) in [7, 11) is 0. The fourth-order valence-corrected chi connectivity index (χ4v) is 2.85. The molecule has 8 nitrogen and oxygen atoms in total. The highest BCUT2D eigenvalue weighted by molar-refractivity contribution is 5.71. The van der Waals surface area contributed by atoms with E-state index in [9.17, 15) is 30.6 Å². The number of phenols is 2. The van der Waals surface area contributed by atoms with Crippen LogP contribution >= 0.6 is 0 Å². The van der Waals surface area contributed by atoms with Gasteiger partial charge in [-0.15, -0.1) is 0 Å². The maximum Gasteiger partial charge on any atom is 0.229 e. The summed E-state index contributed by atoms with van der Waals surface area (Å²) in [5.74, 6) is 0.229. The molecule has 0 bridgehead atoms. The van der Waals surface area contributed by atoms with E-state index in [0.717, 1.165) is 5.56 Å². The first kappa shape index (κ1) is 20.1. The second-order valence-corrected chi connectivity index (χ2v) is 6.50. The number of phenolic OH excluding ortho intramolecular Hbond substituents is 2. The number of hydrogen-bond acceptors (Lipinski definition) is 8. The number of rotatable bonds is 5. The number of aliphatic hydroxyl groups excluding tert-OH is 4. The van der Waals surface area contributed by atoms with Crippen LogP contribution in [0.3, 0.4) is 0 Å². The van der Waals surface area contributed by atoms with E-state index < -0.39 is 37.3 Å². The minimum Gasteiger partial charge on any atom is -0.508 e. The Morgan fingerprint density at radius 3 is 2.18 bits per heavy atom. The molecule has 150 valence electrons. The predicted octanol–water partition coefficient (Wildman–Crippen LogP) is 0.447. The highest BCUT2D eigenvalue weighted by atomic mass is 16.7. The molecule has 2 aromatic rings. The third kappa shape index (κ3) is 4.61. The van der Waals surface area contributed by atoms with Gasteiger partial charge in [0, 0.05) is 6.07 Å². The minimum absolute atomic E-state index is 0.0903. The van der Waals surface area contributed by atoms with E-state index >= 15 is 0 Å². The van der Waals surface area contributed by atoms with Gasteiger partial charge in [0.05, 0.1) is 6.61 Å². The van der Waals surface area contributed by atoms with Gasteiger partial charge in [-0.3, -0.25) is 0 Å². The first-order chi connectivity index (χ1) is 13.4. The predicted molar refractivity (Wildman–Crippen MR) is 99.5 cm³/mol. The molecule has 6 N–H and O–H groups in total. The molecule has 0 saturated carbocycles. The Kier molecular flexibility index (Phi) is 6.18. The molecule has 5 atom stereocenters. The Morgan fingerprint density at radius 2 is 1.50 bits per heavy atom. The fourth-order valence-electron chi connectivity index (χ4n) is 2.85. The summed E-state index contributed by atoms with van der Waals surface area (Å²) in [4.78, 5) is 0. The molecule has 1 fully saturated rings. The van der Waals surface area contributed by atoms with Crippen LogP contribution in [0.1, 0.15) is 11.1 Å². The Hall–Kier alpha value is -2.62. The molecule has 0 radical (unpaired) electrons. The van der Waals surface area contributed by atoms with E-state index in [0.29, 0.717) is 5.56 Å². The zero-order valence-electron chi connectivity index (χ0n) is 14.8. The van der Waals surface area contributed by atoms with Crippen molar-refractivity contribution in [2.24, 2.45) is 0 Å². The molecule has 28 heavy (non-hydrogen) atoms. The molecule has 0 aromatic heterocycles. The molecule has 1 heterocycles. The van der Waals surface area contributed by atoms with Crippen LogP contribution in [0.25, 0.3) is 12.2 Å². The molecule has 1 saturated heterocycles. The molecule has 3 rings (SSSR count). The van der Waals surface area contributed by atoms with Gasteiger partial charge in [0.25, 0.3) is 0 Å². The van der Waals surface area contributed by atoms with Gasteiger partial charge in [-0.25, -0.2) is 0 Å². The van der Waals surface area contributed by atoms with Crippen molar-refractivity contribution in [3.05, 3.63) is 53.6 Å². The lowest BCUT2D eigenvalue weighted by molar-refractivity contribution is -0.277. The van der Waals surface area contributed by atoms with Crippen LogP contribution in [-0.4, -0.2) is 68.0 Å². The fraction of sp³-hybridized carbons (Fsp3) is 0.300. The third-order valence-corrected chi connectivity index (χ3v) is 4.38. The van der Waals surface area contributed by atoms with Crippen molar-refractivity contribution in [1.82, 2.24) is 0 Å². The van der Waals surface area contributed by atoms with Crippen LogP contribution in [0.5, 0.6) is 17.2 Å². The van der Waals surface area contributed by atoms with E-state index in [1.165, 1.54) is 12.1 Å². The first-order valence-corrected chi connectivity index (χ1v) is 8.65. The lowest BCUT2D eigenvalue weighted by atomic mass is 9.99. The van der Waals surface area contributed by atoms with Crippen LogP contribution in [0.2, 0.25) is 0 Å². The van der Waals surface area contributed by atoms with E-state index in [1.54, 1.807) is 42.5 Å². The summed E-state index contributed by atoms with van der Waals surface area (Å²) < 4.78 is 10.8. The van der Waals surface area contributed by atoms with Crippen molar-refractivity contribution in [2.45, 2.75) is 30.7 Å². The van der Waals surface area contributed by atoms with Crippen molar-refractivity contribution >= 4 is 12.2 Å². The van der Waals surface area contributed by atoms with Gasteiger partial charge in [0.2, 0.25) is 6.29 Å². The lowest BCUT2D eigenvalue weighted by Gasteiger charge is -2.39. The highest BCUT2D eigenvalue weighted by Gasteiger charge is 2.44.